The number of hydrogen-bond donors (Lipinski definition) is 1. The van der Waals surface area contributed by atoms with Gasteiger partial charge in [-0.1, -0.05) is 12.1 Å². The van der Waals surface area contributed by atoms with E-state index in [1.165, 1.54) is 25.3 Å². The standard InChI is InChI=1S/C19H19NO6/c1-3-25-19(23)15-6-4-5-7-16(15)20-17(21)12-26-18(22)13-8-10-14(24-2)11-9-13/h4-11H,3,12H2,1-2H3,(H,20,21). The molecule has 136 valence electrons. The molecule has 2 rings (SSSR count). The van der Waals surface area contributed by atoms with E-state index in [9.17, 15) is 14.4 Å². The number of hydrogen-bond acceptors (Lipinski definition) is 6. The molecule has 7 nitrogen and oxygen atoms in total. The molecule has 0 spiro atoms. The first-order valence-corrected chi connectivity index (χ1v) is 7.92. The molecule has 1 amide bonds. The number of carbonyl (C=O) groups excluding carboxylic acids is 3. The number of rotatable bonds is 7. The highest BCUT2D eigenvalue weighted by Gasteiger charge is 2.15. The molecule has 2 aromatic rings. The van der Waals surface area contributed by atoms with Crippen molar-refractivity contribution in [1.82, 2.24) is 0 Å². The number of ether oxygens (including phenoxy) is 3. The Bertz CT molecular complexity index is 785. The second kappa shape index (κ2) is 9.22. The number of para-hydroxylation sites is 1. The summed E-state index contributed by atoms with van der Waals surface area (Å²) >= 11 is 0. The average molecular weight is 357 g/mol. The van der Waals surface area contributed by atoms with Gasteiger partial charge in [0.05, 0.1) is 30.5 Å². The molecule has 0 fully saturated rings. The number of methoxy groups -OCH3 is 1. The van der Waals surface area contributed by atoms with E-state index >= 15 is 0 Å². The average Bonchev–Trinajstić information content (AvgIpc) is 2.66. The number of amides is 1. The van der Waals surface area contributed by atoms with E-state index in [0.717, 1.165) is 0 Å². The smallest absolute Gasteiger partial charge is 0.340 e. The summed E-state index contributed by atoms with van der Waals surface area (Å²) in [5, 5.41) is 2.54. The lowest BCUT2D eigenvalue weighted by atomic mass is 10.2. The lowest BCUT2D eigenvalue weighted by Gasteiger charge is -2.10. The van der Waals surface area contributed by atoms with E-state index in [1.54, 1.807) is 37.3 Å². The Morgan fingerprint density at radius 2 is 1.62 bits per heavy atom. The maximum Gasteiger partial charge on any atom is 0.340 e. The van der Waals surface area contributed by atoms with Crippen LogP contribution in [0.15, 0.2) is 48.5 Å². The highest BCUT2D eigenvalue weighted by atomic mass is 16.5. The third-order valence-electron chi connectivity index (χ3n) is 3.36. The fraction of sp³-hybridized carbons (Fsp3) is 0.211. The van der Waals surface area contributed by atoms with Gasteiger partial charge in [-0.15, -0.1) is 0 Å². The SMILES string of the molecule is CCOC(=O)c1ccccc1NC(=O)COC(=O)c1ccc(OC)cc1. The third-order valence-corrected chi connectivity index (χ3v) is 3.36. The van der Waals surface area contributed by atoms with Gasteiger partial charge in [0.2, 0.25) is 0 Å². The number of anilines is 1. The van der Waals surface area contributed by atoms with Gasteiger partial charge in [0.1, 0.15) is 5.75 Å². The second-order valence-corrected chi connectivity index (χ2v) is 5.12. The first-order valence-electron chi connectivity index (χ1n) is 7.92. The minimum atomic E-state index is -0.638. The lowest BCUT2D eigenvalue weighted by molar-refractivity contribution is -0.119. The molecule has 0 aliphatic heterocycles. The zero-order valence-corrected chi connectivity index (χ0v) is 14.5. The van der Waals surface area contributed by atoms with Crippen molar-refractivity contribution < 1.29 is 28.6 Å². The van der Waals surface area contributed by atoms with Crippen molar-refractivity contribution in [2.45, 2.75) is 6.92 Å². The van der Waals surface area contributed by atoms with Crippen LogP contribution in [-0.4, -0.2) is 38.2 Å². The summed E-state index contributed by atoms with van der Waals surface area (Å²) in [5.41, 5.74) is 0.811. The molecule has 0 heterocycles. The Hall–Kier alpha value is -3.35. The molecule has 2 aromatic carbocycles. The van der Waals surface area contributed by atoms with Gasteiger partial charge in [-0.25, -0.2) is 9.59 Å². The summed E-state index contributed by atoms with van der Waals surface area (Å²) < 4.78 is 14.9. The van der Waals surface area contributed by atoms with Crippen LogP contribution < -0.4 is 10.1 Å². The van der Waals surface area contributed by atoms with Crippen molar-refractivity contribution in [3.05, 3.63) is 59.7 Å². The highest BCUT2D eigenvalue weighted by molar-refractivity contribution is 6.02. The number of carbonyl (C=O) groups is 3. The van der Waals surface area contributed by atoms with Crippen LogP contribution in [0.2, 0.25) is 0 Å². The van der Waals surface area contributed by atoms with Gasteiger partial charge in [0.15, 0.2) is 6.61 Å². The largest absolute Gasteiger partial charge is 0.497 e. The molecule has 0 radical (unpaired) electrons. The molecule has 0 aromatic heterocycles. The van der Waals surface area contributed by atoms with Crippen LogP contribution in [0, 0.1) is 0 Å². The Kier molecular flexibility index (Phi) is 6.73. The van der Waals surface area contributed by atoms with Gasteiger partial charge in [-0.05, 0) is 43.3 Å². The van der Waals surface area contributed by atoms with Crippen LogP contribution in [0.5, 0.6) is 5.75 Å². The van der Waals surface area contributed by atoms with Crippen molar-refractivity contribution in [2.75, 3.05) is 25.6 Å². The summed E-state index contributed by atoms with van der Waals surface area (Å²) in [5.74, 6) is -1.14. The molecular weight excluding hydrogens is 338 g/mol. The Balaban J connectivity index is 1.94. The van der Waals surface area contributed by atoms with E-state index < -0.39 is 24.5 Å². The van der Waals surface area contributed by atoms with Gasteiger partial charge < -0.3 is 19.5 Å². The first-order chi connectivity index (χ1) is 12.5. The molecule has 0 saturated heterocycles. The van der Waals surface area contributed by atoms with Crippen LogP contribution in [0.4, 0.5) is 5.69 Å². The normalized spacial score (nSPS) is 9.92. The summed E-state index contributed by atoms with van der Waals surface area (Å²) in [6.45, 7) is 1.43. The number of benzene rings is 2. The molecule has 0 saturated carbocycles. The highest BCUT2D eigenvalue weighted by Crippen LogP contribution is 2.16. The van der Waals surface area contributed by atoms with Crippen LogP contribution in [-0.2, 0) is 14.3 Å². The predicted octanol–water partition coefficient (Wildman–Crippen LogP) is 2.67. The first kappa shape index (κ1) is 19.0. The Morgan fingerprint density at radius 1 is 0.923 bits per heavy atom. The summed E-state index contributed by atoms with van der Waals surface area (Å²) in [6, 6.07) is 12.7. The number of esters is 2. The molecule has 26 heavy (non-hydrogen) atoms. The minimum Gasteiger partial charge on any atom is -0.497 e. The monoisotopic (exact) mass is 357 g/mol. The van der Waals surface area contributed by atoms with Crippen LogP contribution >= 0.6 is 0 Å². The van der Waals surface area contributed by atoms with Crippen molar-refractivity contribution >= 4 is 23.5 Å². The van der Waals surface area contributed by atoms with E-state index in [2.05, 4.69) is 5.32 Å². The molecule has 0 aliphatic rings. The van der Waals surface area contributed by atoms with E-state index in [-0.39, 0.29) is 17.9 Å². The minimum absolute atomic E-state index is 0.223. The Labute approximate surface area is 150 Å². The molecular formula is C19H19NO6. The van der Waals surface area contributed by atoms with Gasteiger partial charge in [0.25, 0.3) is 5.91 Å². The summed E-state index contributed by atoms with van der Waals surface area (Å²) in [6.07, 6.45) is 0. The van der Waals surface area contributed by atoms with Crippen LogP contribution in [0.25, 0.3) is 0 Å². The zero-order valence-electron chi connectivity index (χ0n) is 14.5. The molecule has 0 atom stereocenters. The van der Waals surface area contributed by atoms with Gasteiger partial charge >= 0.3 is 11.9 Å². The predicted molar refractivity (Wildman–Crippen MR) is 94.3 cm³/mol. The molecule has 0 unspecified atom stereocenters. The van der Waals surface area contributed by atoms with E-state index in [1.807, 2.05) is 0 Å². The number of nitrogens with one attached hydrogen (secondary N) is 1. The van der Waals surface area contributed by atoms with Crippen LogP contribution in [0.3, 0.4) is 0 Å². The molecule has 0 bridgehead atoms. The van der Waals surface area contributed by atoms with Crippen molar-refractivity contribution in [2.24, 2.45) is 0 Å². The van der Waals surface area contributed by atoms with E-state index in [0.29, 0.717) is 11.3 Å². The molecule has 1 N–H and O–H groups in total. The molecule has 0 aliphatic carbocycles. The topological polar surface area (TPSA) is 90.9 Å². The summed E-state index contributed by atoms with van der Waals surface area (Å²) in [4.78, 5) is 35.8. The van der Waals surface area contributed by atoms with Crippen molar-refractivity contribution in [3.63, 3.8) is 0 Å². The fourth-order valence-electron chi connectivity index (χ4n) is 2.11. The van der Waals surface area contributed by atoms with Gasteiger partial charge in [-0.2, -0.15) is 0 Å². The quantitative estimate of drug-likeness (QED) is 0.766. The van der Waals surface area contributed by atoms with Crippen LogP contribution in [0.1, 0.15) is 27.6 Å². The maximum absolute atomic E-state index is 12.0. The van der Waals surface area contributed by atoms with Gasteiger partial charge in [-0.3, -0.25) is 4.79 Å². The second-order valence-electron chi connectivity index (χ2n) is 5.12. The van der Waals surface area contributed by atoms with E-state index in [4.69, 9.17) is 14.2 Å². The maximum atomic E-state index is 12.0. The van der Waals surface area contributed by atoms with Crippen molar-refractivity contribution in [3.8, 4) is 5.75 Å². The third kappa shape index (κ3) is 5.07. The Morgan fingerprint density at radius 3 is 2.27 bits per heavy atom. The summed E-state index contributed by atoms with van der Waals surface area (Å²) in [7, 11) is 1.52. The van der Waals surface area contributed by atoms with Crippen molar-refractivity contribution in [1.29, 1.82) is 0 Å². The zero-order chi connectivity index (χ0) is 18.9. The lowest BCUT2D eigenvalue weighted by Crippen LogP contribution is -2.22. The molecule has 7 heteroatoms. The fourth-order valence-corrected chi connectivity index (χ4v) is 2.11. The van der Waals surface area contributed by atoms with Gasteiger partial charge in [0, 0.05) is 0 Å².